The van der Waals surface area contributed by atoms with Crippen LogP contribution in [0.5, 0.6) is 0 Å². The van der Waals surface area contributed by atoms with Crippen molar-refractivity contribution in [1.29, 1.82) is 0 Å². The zero-order chi connectivity index (χ0) is 14.8. The molecule has 0 bridgehead atoms. The van der Waals surface area contributed by atoms with Gasteiger partial charge in [0.15, 0.2) is 0 Å². The van der Waals surface area contributed by atoms with Crippen molar-refractivity contribution in [3.63, 3.8) is 0 Å². The minimum absolute atomic E-state index is 0. The topological polar surface area (TPSA) is 112 Å². The SMILES string of the molecule is O=[N+]([O-])c1ccc(NC2CCCCC2)c(S(=O)(=O)[O-])c1.[Na+]. The third-order valence-corrected chi connectivity index (χ3v) is 4.29. The second kappa shape index (κ2) is 7.55. The van der Waals surface area contributed by atoms with Gasteiger partial charge in [-0.2, -0.15) is 0 Å². The molecule has 0 amide bonds. The molecule has 21 heavy (non-hydrogen) atoms. The van der Waals surface area contributed by atoms with Gasteiger partial charge in [0.05, 0.1) is 15.5 Å². The molecule has 0 radical (unpaired) electrons. The average molecular weight is 322 g/mol. The zero-order valence-electron chi connectivity index (χ0n) is 11.7. The van der Waals surface area contributed by atoms with E-state index in [-0.39, 0.29) is 41.3 Å². The van der Waals surface area contributed by atoms with Crippen LogP contribution in [0.25, 0.3) is 0 Å². The number of non-ortho nitro benzene ring substituents is 1. The van der Waals surface area contributed by atoms with Crippen LogP contribution < -0.4 is 34.9 Å². The van der Waals surface area contributed by atoms with Crippen LogP contribution >= 0.6 is 0 Å². The van der Waals surface area contributed by atoms with Gasteiger partial charge in [0, 0.05) is 18.2 Å². The molecule has 1 aromatic carbocycles. The Morgan fingerprint density at radius 1 is 1.19 bits per heavy atom. The number of nitrogens with one attached hydrogen (secondary N) is 1. The summed E-state index contributed by atoms with van der Waals surface area (Å²) < 4.78 is 33.8. The van der Waals surface area contributed by atoms with Gasteiger partial charge in [0.2, 0.25) is 0 Å². The Labute approximate surface area is 145 Å². The van der Waals surface area contributed by atoms with Gasteiger partial charge in [0.1, 0.15) is 10.1 Å². The Morgan fingerprint density at radius 2 is 1.81 bits per heavy atom. The maximum atomic E-state index is 11.3. The Kier molecular flexibility index (Phi) is 6.61. The molecule has 0 saturated heterocycles. The average Bonchev–Trinajstić information content (AvgIpc) is 2.39. The van der Waals surface area contributed by atoms with Gasteiger partial charge in [0.25, 0.3) is 5.69 Å². The molecule has 0 aromatic heterocycles. The molecule has 0 atom stereocenters. The van der Waals surface area contributed by atoms with Crippen LogP contribution in [-0.4, -0.2) is 23.9 Å². The molecule has 1 aliphatic rings. The third kappa shape index (κ3) is 4.93. The van der Waals surface area contributed by atoms with Crippen molar-refractivity contribution in [2.45, 2.75) is 43.0 Å². The first-order valence-corrected chi connectivity index (χ1v) is 7.79. The van der Waals surface area contributed by atoms with Crippen LogP contribution in [0, 0.1) is 10.1 Å². The standard InChI is InChI=1S/C12H16N2O5S.Na/c15-14(16)10-6-7-11(12(8-10)20(17,18)19)13-9-4-2-1-3-5-9;/h6-9,13H,1-5H2,(H,17,18,19);/q;+1/p-1. The summed E-state index contributed by atoms with van der Waals surface area (Å²) in [7, 11) is -4.76. The maximum absolute atomic E-state index is 11.3. The van der Waals surface area contributed by atoms with E-state index in [1.807, 2.05) is 0 Å². The van der Waals surface area contributed by atoms with Crippen LogP contribution in [0.2, 0.25) is 0 Å². The molecular formula is C12H15N2NaO5S. The Morgan fingerprint density at radius 3 is 2.33 bits per heavy atom. The molecule has 0 aliphatic heterocycles. The first-order valence-electron chi connectivity index (χ1n) is 6.39. The number of nitrogens with zero attached hydrogens (tertiary/aromatic N) is 1. The van der Waals surface area contributed by atoms with Crippen molar-refractivity contribution in [2.24, 2.45) is 0 Å². The van der Waals surface area contributed by atoms with E-state index in [1.54, 1.807) is 0 Å². The summed E-state index contributed by atoms with van der Waals surface area (Å²) in [5.74, 6) is 0. The predicted octanol–water partition coefficient (Wildman–Crippen LogP) is -0.752. The van der Waals surface area contributed by atoms with Crippen LogP contribution in [-0.2, 0) is 10.1 Å². The number of nitro groups is 1. The van der Waals surface area contributed by atoms with Gasteiger partial charge in [-0.25, -0.2) is 8.42 Å². The predicted molar refractivity (Wildman–Crippen MR) is 71.6 cm³/mol. The van der Waals surface area contributed by atoms with E-state index in [2.05, 4.69) is 5.32 Å². The van der Waals surface area contributed by atoms with Crippen molar-refractivity contribution >= 4 is 21.5 Å². The molecule has 1 fully saturated rings. The molecule has 0 heterocycles. The van der Waals surface area contributed by atoms with E-state index in [0.717, 1.165) is 38.2 Å². The Bertz CT molecular complexity index is 614. The summed E-state index contributed by atoms with van der Waals surface area (Å²) in [6.45, 7) is 0. The molecule has 0 spiro atoms. The number of benzene rings is 1. The Balaban J connectivity index is 0.00000220. The molecule has 9 heteroatoms. The fourth-order valence-electron chi connectivity index (χ4n) is 2.42. The van der Waals surface area contributed by atoms with Gasteiger partial charge in [-0.1, -0.05) is 19.3 Å². The second-order valence-electron chi connectivity index (χ2n) is 4.87. The largest absolute Gasteiger partial charge is 1.00 e. The molecular weight excluding hydrogens is 307 g/mol. The number of rotatable bonds is 4. The summed E-state index contributed by atoms with van der Waals surface area (Å²) in [5.41, 5.74) is -0.258. The van der Waals surface area contributed by atoms with Gasteiger partial charge in [-0.15, -0.1) is 0 Å². The minimum Gasteiger partial charge on any atom is -0.744 e. The fourth-order valence-corrected chi connectivity index (χ4v) is 3.08. The van der Waals surface area contributed by atoms with Crippen molar-refractivity contribution in [3.8, 4) is 0 Å². The number of hydrogen-bond acceptors (Lipinski definition) is 6. The second-order valence-corrected chi connectivity index (χ2v) is 6.22. The van der Waals surface area contributed by atoms with Crippen molar-refractivity contribution in [1.82, 2.24) is 0 Å². The molecule has 1 N–H and O–H groups in total. The molecule has 7 nitrogen and oxygen atoms in total. The first kappa shape index (κ1) is 18.4. The van der Waals surface area contributed by atoms with Gasteiger partial charge >= 0.3 is 29.6 Å². The van der Waals surface area contributed by atoms with Crippen LogP contribution in [0.1, 0.15) is 32.1 Å². The van der Waals surface area contributed by atoms with Gasteiger partial charge in [-0.05, 0) is 18.9 Å². The van der Waals surface area contributed by atoms with E-state index in [1.165, 1.54) is 12.1 Å². The summed E-state index contributed by atoms with van der Waals surface area (Å²) in [5, 5.41) is 13.7. The molecule has 1 saturated carbocycles. The van der Waals surface area contributed by atoms with Crippen LogP contribution in [0.3, 0.4) is 0 Å². The normalized spacial score (nSPS) is 16.0. The molecule has 1 aromatic rings. The summed E-state index contributed by atoms with van der Waals surface area (Å²) in [4.78, 5) is 9.39. The fraction of sp³-hybridized carbons (Fsp3) is 0.500. The zero-order valence-corrected chi connectivity index (χ0v) is 14.6. The quantitative estimate of drug-likeness (QED) is 0.338. The van der Waals surface area contributed by atoms with E-state index in [4.69, 9.17) is 0 Å². The smallest absolute Gasteiger partial charge is 0.744 e. The number of nitro benzene ring substituents is 1. The van der Waals surface area contributed by atoms with Crippen molar-refractivity contribution in [2.75, 3.05) is 5.32 Å². The van der Waals surface area contributed by atoms with E-state index >= 15 is 0 Å². The maximum Gasteiger partial charge on any atom is 1.00 e. The molecule has 1 aliphatic carbocycles. The van der Waals surface area contributed by atoms with E-state index in [0.29, 0.717) is 0 Å². The molecule has 2 rings (SSSR count). The van der Waals surface area contributed by atoms with Gasteiger partial charge in [-0.3, -0.25) is 10.1 Å². The van der Waals surface area contributed by atoms with Gasteiger partial charge < -0.3 is 9.87 Å². The Hall–Kier alpha value is -0.670. The minimum atomic E-state index is -4.76. The number of anilines is 1. The monoisotopic (exact) mass is 322 g/mol. The summed E-state index contributed by atoms with van der Waals surface area (Å²) in [6, 6.07) is 3.40. The van der Waals surface area contributed by atoms with Crippen LogP contribution in [0.4, 0.5) is 11.4 Å². The van der Waals surface area contributed by atoms with Crippen molar-refractivity contribution in [3.05, 3.63) is 28.3 Å². The summed E-state index contributed by atoms with van der Waals surface area (Å²) >= 11 is 0. The van der Waals surface area contributed by atoms with Crippen molar-refractivity contribution < 1.29 is 47.5 Å². The van der Waals surface area contributed by atoms with E-state index in [9.17, 15) is 23.1 Å². The molecule has 110 valence electrons. The van der Waals surface area contributed by atoms with Crippen LogP contribution in [0.15, 0.2) is 23.1 Å². The first-order chi connectivity index (χ1) is 9.38. The summed E-state index contributed by atoms with van der Waals surface area (Å²) in [6.07, 6.45) is 5.03. The number of hydrogen-bond donors (Lipinski definition) is 1. The molecule has 0 unspecified atom stereocenters. The van der Waals surface area contributed by atoms with E-state index < -0.39 is 25.6 Å². The third-order valence-electron chi connectivity index (χ3n) is 3.41.